The van der Waals surface area contributed by atoms with Gasteiger partial charge in [0.05, 0.1) is 0 Å². The van der Waals surface area contributed by atoms with E-state index in [-0.39, 0.29) is 17.9 Å². The van der Waals surface area contributed by atoms with Gasteiger partial charge in [-0.15, -0.1) is 0 Å². The molecule has 2 aromatic rings. The van der Waals surface area contributed by atoms with Crippen LogP contribution in [0.5, 0.6) is 0 Å². The molecule has 1 aliphatic heterocycles. The second-order valence-corrected chi connectivity index (χ2v) is 6.69. The average Bonchev–Trinajstić information content (AvgIpc) is 2.74. The van der Waals surface area contributed by atoms with E-state index in [1.165, 1.54) is 0 Å². The van der Waals surface area contributed by atoms with Crippen LogP contribution in [0.25, 0.3) is 0 Å². The Hall–Kier alpha value is -2.96. The Labute approximate surface area is 159 Å². The topological polar surface area (TPSA) is 78.4 Å². The van der Waals surface area contributed by atoms with E-state index in [1.807, 2.05) is 18.7 Å². The number of nitrogens with one attached hydrogen (secondary N) is 1. The molecule has 27 heavy (non-hydrogen) atoms. The molecule has 1 aliphatic rings. The smallest absolute Gasteiger partial charge is 0.253 e. The minimum absolute atomic E-state index is 0.0162. The van der Waals surface area contributed by atoms with Crippen molar-refractivity contribution >= 4 is 17.8 Å². The van der Waals surface area contributed by atoms with E-state index in [2.05, 4.69) is 20.2 Å². The summed E-state index contributed by atoms with van der Waals surface area (Å²) in [5, 5.41) is 2.93. The number of carbonyl (C=O) groups excluding carboxylic acids is 2. The van der Waals surface area contributed by atoms with Gasteiger partial charge in [0.25, 0.3) is 11.8 Å². The summed E-state index contributed by atoms with van der Waals surface area (Å²) in [4.78, 5) is 37.3. The molecule has 7 nitrogen and oxygen atoms in total. The second-order valence-electron chi connectivity index (χ2n) is 6.69. The fourth-order valence-corrected chi connectivity index (χ4v) is 2.92. The predicted octanol–water partition coefficient (Wildman–Crippen LogP) is 1.97. The maximum Gasteiger partial charge on any atom is 0.253 e. The van der Waals surface area contributed by atoms with Crippen LogP contribution in [0.1, 0.15) is 41.0 Å². The van der Waals surface area contributed by atoms with Crippen LogP contribution >= 0.6 is 0 Å². The van der Waals surface area contributed by atoms with Gasteiger partial charge in [-0.1, -0.05) is 6.92 Å². The number of benzene rings is 1. The fraction of sp³-hybridized carbons (Fsp3) is 0.400. The van der Waals surface area contributed by atoms with Crippen molar-refractivity contribution in [3.05, 3.63) is 53.9 Å². The van der Waals surface area contributed by atoms with Gasteiger partial charge in [-0.3, -0.25) is 9.59 Å². The Balaban J connectivity index is 1.58. The quantitative estimate of drug-likeness (QED) is 0.874. The van der Waals surface area contributed by atoms with E-state index in [4.69, 9.17) is 0 Å². The van der Waals surface area contributed by atoms with Crippen LogP contribution < -0.4 is 10.2 Å². The number of hydrogen-bond acceptors (Lipinski definition) is 5. The fourth-order valence-electron chi connectivity index (χ4n) is 2.92. The molecule has 0 spiro atoms. The van der Waals surface area contributed by atoms with Gasteiger partial charge in [0.2, 0.25) is 5.95 Å². The molecular weight excluding hydrogens is 342 g/mol. The monoisotopic (exact) mass is 367 g/mol. The van der Waals surface area contributed by atoms with Gasteiger partial charge in [-0.05, 0) is 43.7 Å². The number of anilines is 1. The van der Waals surface area contributed by atoms with Gasteiger partial charge in [0.1, 0.15) is 0 Å². The van der Waals surface area contributed by atoms with Crippen molar-refractivity contribution in [1.29, 1.82) is 0 Å². The largest absolute Gasteiger partial charge is 0.350 e. The lowest BCUT2D eigenvalue weighted by Gasteiger charge is -2.34. The molecular formula is C20H25N5O2. The van der Waals surface area contributed by atoms with Crippen molar-refractivity contribution in [3.8, 4) is 0 Å². The number of aromatic nitrogens is 2. The van der Waals surface area contributed by atoms with Gasteiger partial charge in [-0.25, -0.2) is 9.97 Å². The summed E-state index contributed by atoms with van der Waals surface area (Å²) in [6.07, 6.45) is 4.32. The number of piperazine rings is 1. The van der Waals surface area contributed by atoms with Gasteiger partial charge in [0.15, 0.2) is 0 Å². The third-order valence-electron chi connectivity index (χ3n) is 4.79. The zero-order valence-electron chi connectivity index (χ0n) is 15.8. The molecule has 1 N–H and O–H groups in total. The molecule has 1 aromatic heterocycles. The zero-order valence-corrected chi connectivity index (χ0v) is 15.8. The zero-order chi connectivity index (χ0) is 19.2. The summed E-state index contributed by atoms with van der Waals surface area (Å²) in [5.74, 6) is 0.568. The molecule has 142 valence electrons. The van der Waals surface area contributed by atoms with Gasteiger partial charge < -0.3 is 15.1 Å². The van der Waals surface area contributed by atoms with Crippen LogP contribution in [0.4, 0.5) is 5.95 Å². The van der Waals surface area contributed by atoms with E-state index < -0.39 is 0 Å². The highest BCUT2D eigenvalue weighted by atomic mass is 16.2. The first kappa shape index (κ1) is 18.8. The number of hydrogen-bond donors (Lipinski definition) is 1. The Kier molecular flexibility index (Phi) is 6.01. The van der Waals surface area contributed by atoms with Crippen LogP contribution in [0, 0.1) is 0 Å². The Morgan fingerprint density at radius 2 is 1.63 bits per heavy atom. The molecule has 1 unspecified atom stereocenters. The molecule has 0 radical (unpaired) electrons. The summed E-state index contributed by atoms with van der Waals surface area (Å²) >= 11 is 0. The van der Waals surface area contributed by atoms with Crippen molar-refractivity contribution < 1.29 is 9.59 Å². The molecule has 0 bridgehead atoms. The molecule has 7 heteroatoms. The summed E-state index contributed by atoms with van der Waals surface area (Å²) in [6, 6.07) is 8.78. The van der Waals surface area contributed by atoms with Crippen LogP contribution in [0.3, 0.4) is 0 Å². The summed E-state index contributed by atoms with van der Waals surface area (Å²) in [7, 11) is 0. The predicted molar refractivity (Wildman–Crippen MR) is 104 cm³/mol. The molecule has 0 aliphatic carbocycles. The van der Waals surface area contributed by atoms with E-state index >= 15 is 0 Å². The van der Waals surface area contributed by atoms with Gasteiger partial charge in [0, 0.05) is 55.7 Å². The lowest BCUT2D eigenvalue weighted by atomic mass is 10.1. The normalized spacial score (nSPS) is 15.3. The molecule has 1 atom stereocenters. The first-order valence-electron chi connectivity index (χ1n) is 9.30. The minimum Gasteiger partial charge on any atom is -0.350 e. The number of carbonyl (C=O) groups is 2. The highest BCUT2D eigenvalue weighted by molar-refractivity contribution is 5.98. The van der Waals surface area contributed by atoms with E-state index in [9.17, 15) is 9.59 Å². The Bertz CT molecular complexity index is 771. The van der Waals surface area contributed by atoms with Crippen molar-refractivity contribution in [3.63, 3.8) is 0 Å². The molecule has 1 saturated heterocycles. The van der Waals surface area contributed by atoms with Crippen molar-refractivity contribution in [2.24, 2.45) is 0 Å². The average molecular weight is 367 g/mol. The maximum absolute atomic E-state index is 12.7. The molecule has 2 amide bonds. The minimum atomic E-state index is -0.111. The summed E-state index contributed by atoms with van der Waals surface area (Å²) in [5.41, 5.74) is 1.16. The van der Waals surface area contributed by atoms with Crippen LogP contribution in [0.2, 0.25) is 0 Å². The molecule has 1 aromatic carbocycles. The van der Waals surface area contributed by atoms with Gasteiger partial charge in [-0.2, -0.15) is 0 Å². The maximum atomic E-state index is 12.7. The highest BCUT2D eigenvalue weighted by Gasteiger charge is 2.23. The third-order valence-corrected chi connectivity index (χ3v) is 4.79. The lowest BCUT2D eigenvalue weighted by Crippen LogP contribution is -2.49. The van der Waals surface area contributed by atoms with Crippen LogP contribution in [-0.2, 0) is 0 Å². The Morgan fingerprint density at radius 1 is 1.04 bits per heavy atom. The van der Waals surface area contributed by atoms with E-state index in [1.54, 1.807) is 42.7 Å². The van der Waals surface area contributed by atoms with E-state index in [0.717, 1.165) is 6.42 Å². The lowest BCUT2D eigenvalue weighted by molar-refractivity contribution is 0.0745. The SMILES string of the molecule is CCC(C)NC(=O)c1ccc(C(=O)N2CCN(c3ncccn3)CC2)cc1. The summed E-state index contributed by atoms with van der Waals surface area (Å²) in [6.45, 7) is 6.63. The van der Waals surface area contributed by atoms with Crippen LogP contribution in [-0.4, -0.2) is 58.9 Å². The second kappa shape index (κ2) is 8.62. The van der Waals surface area contributed by atoms with Crippen LogP contribution in [0.15, 0.2) is 42.7 Å². The van der Waals surface area contributed by atoms with Gasteiger partial charge >= 0.3 is 0 Å². The number of rotatable bonds is 5. The Morgan fingerprint density at radius 3 is 2.22 bits per heavy atom. The first-order chi connectivity index (χ1) is 13.1. The number of amides is 2. The molecule has 2 heterocycles. The van der Waals surface area contributed by atoms with Crippen molar-refractivity contribution in [1.82, 2.24) is 20.2 Å². The number of nitrogens with zero attached hydrogens (tertiary/aromatic N) is 4. The first-order valence-corrected chi connectivity index (χ1v) is 9.30. The third kappa shape index (κ3) is 4.61. The highest BCUT2D eigenvalue weighted by Crippen LogP contribution is 2.13. The van der Waals surface area contributed by atoms with Crippen molar-refractivity contribution in [2.45, 2.75) is 26.3 Å². The molecule has 0 saturated carbocycles. The summed E-state index contributed by atoms with van der Waals surface area (Å²) < 4.78 is 0. The molecule has 3 rings (SSSR count). The van der Waals surface area contributed by atoms with Crippen molar-refractivity contribution in [2.75, 3.05) is 31.1 Å². The standard InChI is InChI=1S/C20H25N5O2/c1-3-15(2)23-18(26)16-5-7-17(8-6-16)19(27)24-11-13-25(14-12-24)20-21-9-4-10-22-20/h4-10,15H,3,11-14H2,1-2H3,(H,23,26). The molecule has 1 fully saturated rings. The van der Waals surface area contributed by atoms with E-state index in [0.29, 0.717) is 43.3 Å².